The molecule has 0 radical (unpaired) electrons. The average molecular weight is 169 g/mol. The van der Waals surface area contributed by atoms with Crippen molar-refractivity contribution in [2.45, 2.75) is 11.8 Å². The van der Waals surface area contributed by atoms with Crippen molar-refractivity contribution in [3.05, 3.63) is 23.8 Å². The molecule has 0 aliphatic heterocycles. The zero-order valence-corrected chi connectivity index (χ0v) is 7.37. The summed E-state index contributed by atoms with van der Waals surface area (Å²) in [6.45, 7) is 1.88. The van der Waals surface area contributed by atoms with E-state index in [0.717, 1.165) is 22.2 Å². The zero-order chi connectivity index (χ0) is 10.8. The van der Waals surface area contributed by atoms with Gasteiger partial charge in [0.1, 0.15) is 5.75 Å². The second-order valence-electron chi connectivity index (χ2n) is 2.23. The third-order valence-electron chi connectivity index (χ3n) is 1.51. The summed E-state index contributed by atoms with van der Waals surface area (Å²) >= 11 is 0.877. The molecule has 0 aliphatic rings. The van der Waals surface area contributed by atoms with E-state index in [1.807, 2.05) is 19.1 Å². The van der Waals surface area contributed by atoms with Gasteiger partial charge in [0.15, 0.2) is 0 Å². The van der Waals surface area contributed by atoms with E-state index in [1.165, 1.54) is 0 Å². The third kappa shape index (κ3) is 1.90. The second kappa shape index (κ2) is 3.67. The van der Waals surface area contributed by atoms with Crippen LogP contribution >= 0.6 is 11.8 Å². The highest BCUT2D eigenvalue weighted by atomic mass is 32.2. The summed E-state index contributed by atoms with van der Waals surface area (Å²) in [6, 6.07) is 5.41. The van der Waals surface area contributed by atoms with E-state index in [9.17, 15) is 0 Å². The van der Waals surface area contributed by atoms with Gasteiger partial charge in [-0.2, -0.15) is 0 Å². The van der Waals surface area contributed by atoms with Crippen molar-refractivity contribution < 1.29 is 8.85 Å². The molecule has 1 rings (SSSR count). The molecule has 0 aromatic heterocycles. The van der Waals surface area contributed by atoms with Crippen LogP contribution in [0.2, 0.25) is 0 Å². The fraction of sp³-hybridized carbons (Fsp3) is 0.333. The van der Waals surface area contributed by atoms with E-state index in [-0.39, 0.29) is 0 Å². The maximum Gasteiger partial charge on any atom is 0.119 e. The topological polar surface area (TPSA) is 9.23 Å². The Kier molecular flexibility index (Phi) is 1.70. The minimum absolute atomic E-state index is 0.683. The fourth-order valence-electron chi connectivity index (χ4n) is 0.817. The van der Waals surface area contributed by atoms with Crippen LogP contribution in [0.3, 0.4) is 0 Å². The lowest BCUT2D eigenvalue weighted by molar-refractivity contribution is 0.413. The number of benzene rings is 1. The number of methoxy groups -OCH3 is 1. The summed E-state index contributed by atoms with van der Waals surface area (Å²) in [4.78, 5) is 0.740. The van der Waals surface area contributed by atoms with Crippen LogP contribution in [0.5, 0.6) is 5.75 Å². The Morgan fingerprint density at radius 2 is 2.55 bits per heavy atom. The van der Waals surface area contributed by atoms with Crippen molar-refractivity contribution in [1.82, 2.24) is 0 Å². The molecule has 0 saturated carbocycles. The van der Waals surface area contributed by atoms with E-state index in [4.69, 9.17) is 8.85 Å². The molecular weight excluding hydrogens is 156 g/mol. The lowest BCUT2D eigenvalue weighted by atomic mass is 10.2. The van der Waals surface area contributed by atoms with Crippen LogP contribution in [0, 0.1) is 6.92 Å². The van der Waals surface area contributed by atoms with Gasteiger partial charge in [0.25, 0.3) is 0 Å². The molecule has 60 valence electrons. The lowest BCUT2D eigenvalue weighted by Gasteiger charge is -2.04. The SMILES string of the molecule is [1H]C([1H])([2H])Sc1cc(OC)ccc1C. The minimum atomic E-state index is -2.00. The monoisotopic (exact) mass is 169 g/mol. The van der Waals surface area contributed by atoms with Gasteiger partial charge in [-0.15, -0.1) is 11.8 Å². The van der Waals surface area contributed by atoms with Crippen molar-refractivity contribution >= 4 is 11.8 Å². The Morgan fingerprint density at radius 1 is 1.73 bits per heavy atom. The van der Waals surface area contributed by atoms with Crippen molar-refractivity contribution in [1.29, 1.82) is 0 Å². The van der Waals surface area contributed by atoms with Gasteiger partial charge in [-0.1, -0.05) is 6.07 Å². The molecule has 0 atom stereocenters. The predicted octanol–water partition coefficient (Wildman–Crippen LogP) is 2.73. The van der Waals surface area contributed by atoms with Crippen LogP contribution < -0.4 is 4.74 Å². The van der Waals surface area contributed by atoms with Crippen molar-refractivity contribution in [3.63, 3.8) is 0 Å². The van der Waals surface area contributed by atoms with Gasteiger partial charge in [-0.05, 0) is 30.8 Å². The Balaban J connectivity index is 2.95. The fourth-order valence-corrected chi connectivity index (χ4v) is 1.22. The van der Waals surface area contributed by atoms with E-state index < -0.39 is 6.18 Å². The number of hydrogen-bond acceptors (Lipinski definition) is 2. The van der Waals surface area contributed by atoms with Crippen molar-refractivity contribution in [2.75, 3.05) is 13.3 Å². The molecule has 1 aromatic rings. The molecule has 1 aromatic carbocycles. The van der Waals surface area contributed by atoms with Crippen LogP contribution in [0.4, 0.5) is 0 Å². The van der Waals surface area contributed by atoms with Gasteiger partial charge in [0.2, 0.25) is 0 Å². The molecule has 0 fully saturated rings. The summed E-state index contributed by atoms with van der Waals surface area (Å²) in [5, 5.41) is 0. The molecular formula is C9H12OS. The number of rotatable bonds is 2. The first-order valence-corrected chi connectivity index (χ1v) is 4.08. The Labute approximate surface area is 76.0 Å². The van der Waals surface area contributed by atoms with Crippen LogP contribution in [-0.4, -0.2) is 13.3 Å². The summed E-state index contributed by atoms with van der Waals surface area (Å²) < 4.78 is 26.5. The minimum Gasteiger partial charge on any atom is -0.497 e. The highest BCUT2D eigenvalue weighted by Crippen LogP contribution is 2.24. The standard InChI is InChI=1S/C9H12OS/c1-7-4-5-8(10-2)6-9(7)11-3/h4-6H,1-3H3/i3DH2. The van der Waals surface area contributed by atoms with Gasteiger partial charge in [0, 0.05) is 9.01 Å². The number of ether oxygens (including phenoxy) is 1. The van der Waals surface area contributed by atoms with Crippen LogP contribution in [0.1, 0.15) is 9.68 Å². The second-order valence-corrected chi connectivity index (χ2v) is 2.88. The molecule has 0 N–H and O–H groups in total. The van der Waals surface area contributed by atoms with Gasteiger partial charge in [0.05, 0.1) is 7.11 Å². The Morgan fingerprint density at radius 3 is 3.18 bits per heavy atom. The molecule has 0 aliphatic carbocycles. The van der Waals surface area contributed by atoms with Gasteiger partial charge >= 0.3 is 0 Å². The highest BCUT2D eigenvalue weighted by molar-refractivity contribution is 7.98. The molecule has 11 heavy (non-hydrogen) atoms. The first kappa shape index (κ1) is 5.09. The molecule has 0 spiro atoms. The highest BCUT2D eigenvalue weighted by Gasteiger charge is 1.97. The predicted molar refractivity (Wildman–Crippen MR) is 49.5 cm³/mol. The molecule has 0 bridgehead atoms. The van der Waals surface area contributed by atoms with E-state index in [0.29, 0.717) is 5.75 Å². The molecule has 0 heterocycles. The van der Waals surface area contributed by atoms with Crippen LogP contribution in [0.15, 0.2) is 23.1 Å². The third-order valence-corrected chi connectivity index (χ3v) is 2.17. The largest absolute Gasteiger partial charge is 0.497 e. The summed E-state index contributed by atoms with van der Waals surface area (Å²) in [5.41, 5.74) is 0.951. The smallest absolute Gasteiger partial charge is 0.119 e. The van der Waals surface area contributed by atoms with Crippen LogP contribution in [-0.2, 0) is 0 Å². The maximum absolute atomic E-state index is 7.15. The number of hydrogen-bond donors (Lipinski definition) is 0. The first-order chi connectivity index (χ1) is 6.42. The van der Waals surface area contributed by atoms with E-state index >= 15 is 0 Å². The zero-order valence-electron chi connectivity index (χ0n) is 9.55. The molecule has 2 heteroatoms. The van der Waals surface area contributed by atoms with Crippen LogP contribution in [0.25, 0.3) is 0 Å². The average Bonchev–Trinajstić information content (AvgIpc) is 2.06. The van der Waals surface area contributed by atoms with Crippen molar-refractivity contribution in [2.24, 2.45) is 0 Å². The molecule has 0 unspecified atom stereocenters. The van der Waals surface area contributed by atoms with E-state index in [1.54, 1.807) is 13.2 Å². The summed E-state index contributed by atoms with van der Waals surface area (Å²) in [5.74, 6) is 0.683. The first-order valence-electron chi connectivity index (χ1n) is 4.76. The summed E-state index contributed by atoms with van der Waals surface area (Å²) in [6.07, 6.45) is -2.00. The molecule has 0 saturated heterocycles. The summed E-state index contributed by atoms with van der Waals surface area (Å²) in [7, 11) is 1.56. The Bertz CT molecular complexity index is 322. The quantitative estimate of drug-likeness (QED) is 0.629. The van der Waals surface area contributed by atoms with Crippen molar-refractivity contribution in [3.8, 4) is 5.75 Å². The maximum atomic E-state index is 7.15. The van der Waals surface area contributed by atoms with E-state index in [2.05, 4.69) is 0 Å². The lowest BCUT2D eigenvalue weighted by Crippen LogP contribution is -1.84. The number of thioether (sulfide) groups is 1. The molecule has 1 nitrogen and oxygen atoms in total. The van der Waals surface area contributed by atoms with Gasteiger partial charge < -0.3 is 4.74 Å². The normalized spacial score (nSPS) is 14.9. The Hall–Kier alpha value is -0.630. The molecule has 0 amide bonds. The number of aryl methyl sites for hydroxylation is 1. The van der Waals surface area contributed by atoms with Gasteiger partial charge in [-0.3, -0.25) is 0 Å². The van der Waals surface area contributed by atoms with Gasteiger partial charge in [-0.25, -0.2) is 0 Å².